The van der Waals surface area contributed by atoms with Gasteiger partial charge in [-0.25, -0.2) is 0 Å². The van der Waals surface area contributed by atoms with E-state index in [0.29, 0.717) is 17.0 Å². The molecule has 1 nitrogen and oxygen atoms in total. The number of benzene rings is 1. The second kappa shape index (κ2) is 5.52. The summed E-state index contributed by atoms with van der Waals surface area (Å²) in [5.74, 6) is 0.132. The molecule has 0 N–H and O–H groups in total. The maximum absolute atomic E-state index is 11.7. The minimum Gasteiger partial charge on any atom is -0.294 e. The summed E-state index contributed by atoms with van der Waals surface area (Å²) in [6.07, 6.45) is 1.40. The van der Waals surface area contributed by atoms with Crippen molar-refractivity contribution in [2.24, 2.45) is 0 Å². The number of halogens is 2. The Balaban J connectivity index is 2.89. The average Bonchev–Trinajstić information content (AvgIpc) is 2.14. The molecule has 0 bridgehead atoms. The number of hydrogen-bond donors (Lipinski definition) is 0. The molecule has 0 unspecified atom stereocenters. The molecule has 76 valence electrons. The molecule has 1 aromatic carbocycles. The molecule has 0 aliphatic carbocycles. The number of alkyl halides is 1. The quantitative estimate of drug-likeness (QED) is 0.599. The summed E-state index contributed by atoms with van der Waals surface area (Å²) in [6, 6.07) is 5.53. The van der Waals surface area contributed by atoms with Crippen LogP contribution >= 0.6 is 27.5 Å². The second-order valence-corrected chi connectivity index (χ2v) is 4.35. The van der Waals surface area contributed by atoms with Crippen molar-refractivity contribution in [2.75, 3.05) is 5.33 Å². The van der Waals surface area contributed by atoms with Gasteiger partial charge >= 0.3 is 0 Å². The molecule has 0 fully saturated rings. The Bertz CT molecular complexity index is 316. The number of rotatable bonds is 4. The predicted octanol–water partition coefficient (Wildman–Crippen LogP) is 4.01. The van der Waals surface area contributed by atoms with Gasteiger partial charge in [-0.15, -0.1) is 0 Å². The largest absolute Gasteiger partial charge is 0.294 e. The molecule has 1 aromatic rings. The van der Waals surface area contributed by atoms with Crippen molar-refractivity contribution >= 4 is 33.3 Å². The van der Waals surface area contributed by atoms with E-state index in [1.165, 1.54) is 0 Å². The molecular formula is C11H12BrClO. The van der Waals surface area contributed by atoms with Crippen LogP contribution in [0.4, 0.5) is 0 Å². The van der Waals surface area contributed by atoms with Gasteiger partial charge in [-0.1, -0.05) is 39.7 Å². The van der Waals surface area contributed by atoms with Gasteiger partial charge in [0, 0.05) is 17.3 Å². The summed E-state index contributed by atoms with van der Waals surface area (Å²) in [7, 11) is 0. The molecule has 0 aliphatic rings. The SMILES string of the molecule is Cc1cccc(Cl)c1C(=O)CCCBr. The van der Waals surface area contributed by atoms with Gasteiger partial charge in [-0.2, -0.15) is 0 Å². The Labute approximate surface area is 97.6 Å². The van der Waals surface area contributed by atoms with Gasteiger partial charge < -0.3 is 0 Å². The Morgan fingerprint density at radius 1 is 1.50 bits per heavy atom. The number of aryl methyl sites for hydroxylation is 1. The van der Waals surface area contributed by atoms with Crippen molar-refractivity contribution < 1.29 is 4.79 Å². The first-order chi connectivity index (χ1) is 6.66. The minimum atomic E-state index is 0.132. The highest BCUT2D eigenvalue weighted by Crippen LogP contribution is 2.21. The van der Waals surface area contributed by atoms with Crippen LogP contribution in [0, 0.1) is 6.92 Å². The number of carbonyl (C=O) groups is 1. The van der Waals surface area contributed by atoms with Gasteiger partial charge in [0.1, 0.15) is 0 Å². The van der Waals surface area contributed by atoms with E-state index in [0.717, 1.165) is 17.3 Å². The van der Waals surface area contributed by atoms with E-state index in [1.54, 1.807) is 6.07 Å². The van der Waals surface area contributed by atoms with Crippen LogP contribution in [0.5, 0.6) is 0 Å². The fourth-order valence-electron chi connectivity index (χ4n) is 1.34. The molecule has 0 radical (unpaired) electrons. The zero-order chi connectivity index (χ0) is 10.6. The molecule has 0 atom stereocenters. The lowest BCUT2D eigenvalue weighted by Gasteiger charge is -2.05. The Morgan fingerprint density at radius 2 is 2.21 bits per heavy atom. The maximum Gasteiger partial charge on any atom is 0.164 e. The van der Waals surface area contributed by atoms with Crippen LogP contribution < -0.4 is 0 Å². The highest BCUT2D eigenvalue weighted by molar-refractivity contribution is 9.09. The van der Waals surface area contributed by atoms with E-state index in [1.807, 2.05) is 19.1 Å². The summed E-state index contributed by atoms with van der Waals surface area (Å²) < 4.78 is 0. The average molecular weight is 276 g/mol. The first-order valence-electron chi connectivity index (χ1n) is 4.51. The highest BCUT2D eigenvalue weighted by Gasteiger charge is 2.11. The van der Waals surface area contributed by atoms with Crippen LogP contribution in [0.2, 0.25) is 5.02 Å². The molecule has 0 heterocycles. The normalized spacial score (nSPS) is 10.2. The first-order valence-corrected chi connectivity index (χ1v) is 6.01. The van der Waals surface area contributed by atoms with Crippen molar-refractivity contribution in [1.82, 2.24) is 0 Å². The van der Waals surface area contributed by atoms with Crippen molar-refractivity contribution in [1.29, 1.82) is 0 Å². The van der Waals surface area contributed by atoms with E-state index in [9.17, 15) is 4.79 Å². The monoisotopic (exact) mass is 274 g/mol. The molecule has 0 saturated carbocycles. The predicted molar refractivity (Wildman–Crippen MR) is 63.5 cm³/mol. The van der Waals surface area contributed by atoms with Crippen molar-refractivity contribution in [3.63, 3.8) is 0 Å². The molecule has 0 aliphatic heterocycles. The van der Waals surface area contributed by atoms with Gasteiger partial charge in [-0.05, 0) is 25.0 Å². The number of Topliss-reactive ketones (excluding diaryl/α,β-unsaturated/α-hetero) is 1. The van der Waals surface area contributed by atoms with E-state index in [-0.39, 0.29) is 5.78 Å². The van der Waals surface area contributed by atoms with Crippen LogP contribution in [0.3, 0.4) is 0 Å². The summed E-state index contributed by atoms with van der Waals surface area (Å²) in [5.41, 5.74) is 1.63. The molecule has 1 rings (SSSR count). The zero-order valence-corrected chi connectivity index (χ0v) is 10.4. The lowest BCUT2D eigenvalue weighted by atomic mass is 10.0. The molecule has 0 saturated heterocycles. The summed E-state index contributed by atoms with van der Waals surface area (Å²) in [5, 5.41) is 1.41. The van der Waals surface area contributed by atoms with Crippen molar-refractivity contribution in [2.45, 2.75) is 19.8 Å². The van der Waals surface area contributed by atoms with Crippen LogP contribution in [0.25, 0.3) is 0 Å². The zero-order valence-electron chi connectivity index (χ0n) is 8.02. The number of carbonyl (C=O) groups excluding carboxylic acids is 1. The maximum atomic E-state index is 11.7. The fraction of sp³-hybridized carbons (Fsp3) is 0.364. The second-order valence-electron chi connectivity index (χ2n) is 3.15. The molecule has 3 heteroatoms. The summed E-state index contributed by atoms with van der Waals surface area (Å²) >= 11 is 9.27. The van der Waals surface area contributed by atoms with Crippen molar-refractivity contribution in [3.8, 4) is 0 Å². The number of hydrogen-bond acceptors (Lipinski definition) is 1. The van der Waals surface area contributed by atoms with Crippen LogP contribution in [0.1, 0.15) is 28.8 Å². The standard InChI is InChI=1S/C11H12BrClO/c1-8-4-2-5-9(13)11(8)10(14)6-3-7-12/h2,4-5H,3,6-7H2,1H3. The minimum absolute atomic E-state index is 0.132. The van der Waals surface area contributed by atoms with E-state index < -0.39 is 0 Å². The topological polar surface area (TPSA) is 17.1 Å². The Hall–Kier alpha value is -0.340. The highest BCUT2D eigenvalue weighted by atomic mass is 79.9. The molecule has 14 heavy (non-hydrogen) atoms. The smallest absolute Gasteiger partial charge is 0.164 e. The van der Waals surface area contributed by atoms with E-state index in [4.69, 9.17) is 11.6 Å². The lowest BCUT2D eigenvalue weighted by Crippen LogP contribution is -2.02. The molecular weight excluding hydrogens is 263 g/mol. The molecule has 0 aromatic heterocycles. The third kappa shape index (κ3) is 2.82. The van der Waals surface area contributed by atoms with Gasteiger partial charge in [-0.3, -0.25) is 4.79 Å². The third-order valence-electron chi connectivity index (χ3n) is 2.04. The fourth-order valence-corrected chi connectivity index (χ4v) is 1.94. The number of ketones is 1. The Kier molecular flexibility index (Phi) is 4.63. The van der Waals surface area contributed by atoms with Gasteiger partial charge in [0.15, 0.2) is 5.78 Å². The van der Waals surface area contributed by atoms with Crippen LogP contribution in [0.15, 0.2) is 18.2 Å². The van der Waals surface area contributed by atoms with Gasteiger partial charge in [0.05, 0.1) is 5.02 Å². The van der Waals surface area contributed by atoms with Gasteiger partial charge in [0.25, 0.3) is 0 Å². The summed E-state index contributed by atoms with van der Waals surface area (Å²) in [6.45, 7) is 1.91. The lowest BCUT2D eigenvalue weighted by molar-refractivity contribution is 0.0981. The molecule has 0 amide bonds. The Morgan fingerprint density at radius 3 is 2.79 bits per heavy atom. The molecule has 0 spiro atoms. The summed E-state index contributed by atoms with van der Waals surface area (Å²) in [4.78, 5) is 11.7. The first kappa shape index (κ1) is 11.7. The van der Waals surface area contributed by atoms with E-state index in [2.05, 4.69) is 15.9 Å². The van der Waals surface area contributed by atoms with Gasteiger partial charge in [0.2, 0.25) is 0 Å². The van der Waals surface area contributed by atoms with Crippen molar-refractivity contribution in [3.05, 3.63) is 34.3 Å². The van der Waals surface area contributed by atoms with Crippen LogP contribution in [-0.4, -0.2) is 11.1 Å². The van der Waals surface area contributed by atoms with E-state index >= 15 is 0 Å². The van der Waals surface area contributed by atoms with Crippen LogP contribution in [-0.2, 0) is 0 Å². The third-order valence-corrected chi connectivity index (χ3v) is 2.91.